The van der Waals surface area contributed by atoms with Crippen molar-refractivity contribution in [3.8, 4) is 0 Å². The van der Waals surface area contributed by atoms with E-state index in [1.54, 1.807) is 48.4 Å². The molecule has 0 unspecified atom stereocenters. The summed E-state index contributed by atoms with van der Waals surface area (Å²) in [4.78, 5) is 39.8. The second-order valence-corrected chi connectivity index (χ2v) is 7.73. The molecule has 1 aliphatic heterocycles. The van der Waals surface area contributed by atoms with Gasteiger partial charge in [-0.05, 0) is 29.8 Å². The third-order valence-corrected chi connectivity index (χ3v) is 5.59. The lowest BCUT2D eigenvalue weighted by Gasteiger charge is -2.26. The van der Waals surface area contributed by atoms with E-state index in [1.807, 2.05) is 0 Å². The first-order valence-corrected chi connectivity index (χ1v) is 10.1. The molecule has 7 nitrogen and oxygen atoms in total. The molecule has 0 atom stereocenters. The van der Waals surface area contributed by atoms with Crippen LogP contribution in [0.3, 0.4) is 0 Å². The Kier molecular flexibility index (Phi) is 7.51. The van der Waals surface area contributed by atoms with E-state index in [0.717, 1.165) is 10.4 Å². The molecule has 1 fully saturated rings. The van der Waals surface area contributed by atoms with Gasteiger partial charge in [-0.15, -0.1) is 11.3 Å². The minimum atomic E-state index is -0.554. The van der Waals surface area contributed by atoms with Crippen LogP contribution in [-0.4, -0.2) is 62.6 Å². The van der Waals surface area contributed by atoms with Gasteiger partial charge in [-0.25, -0.2) is 4.79 Å². The van der Waals surface area contributed by atoms with E-state index >= 15 is 0 Å². The third kappa shape index (κ3) is 5.96. The lowest BCUT2D eigenvalue weighted by molar-refractivity contribution is -0.134. The number of ketones is 1. The van der Waals surface area contributed by atoms with Crippen LogP contribution in [0.15, 0.2) is 36.4 Å². The topological polar surface area (TPSA) is 82.1 Å². The summed E-state index contributed by atoms with van der Waals surface area (Å²) in [6, 6.07) is 10.3. The fourth-order valence-corrected chi connectivity index (χ4v) is 3.81. The van der Waals surface area contributed by atoms with E-state index in [1.165, 1.54) is 11.3 Å². The number of morpholine rings is 1. The zero-order chi connectivity index (χ0) is 20.6. The molecular formula is C21H23NO6S. The van der Waals surface area contributed by atoms with Crippen molar-refractivity contribution in [1.29, 1.82) is 0 Å². The Morgan fingerprint density at radius 1 is 1.07 bits per heavy atom. The van der Waals surface area contributed by atoms with Crippen LogP contribution < -0.4 is 0 Å². The van der Waals surface area contributed by atoms with Crippen LogP contribution in [0.25, 0.3) is 0 Å². The van der Waals surface area contributed by atoms with Crippen molar-refractivity contribution >= 4 is 29.0 Å². The number of thiophene rings is 1. The van der Waals surface area contributed by atoms with Crippen LogP contribution in [-0.2, 0) is 32.0 Å². The summed E-state index contributed by atoms with van der Waals surface area (Å²) in [6.45, 7) is 2.43. The van der Waals surface area contributed by atoms with Crippen LogP contribution in [0.2, 0.25) is 0 Å². The summed E-state index contributed by atoms with van der Waals surface area (Å²) in [5.41, 5.74) is 1.32. The summed E-state index contributed by atoms with van der Waals surface area (Å²) < 4.78 is 15.4. The van der Waals surface area contributed by atoms with E-state index < -0.39 is 5.97 Å². The second kappa shape index (κ2) is 10.3. The van der Waals surface area contributed by atoms with Crippen LogP contribution >= 0.6 is 11.3 Å². The number of methoxy groups -OCH3 is 1. The van der Waals surface area contributed by atoms with Gasteiger partial charge in [0.15, 0.2) is 6.61 Å². The maximum Gasteiger partial charge on any atom is 0.338 e. The molecule has 2 heterocycles. The maximum absolute atomic E-state index is 12.3. The van der Waals surface area contributed by atoms with Crippen LogP contribution in [0.5, 0.6) is 0 Å². The van der Waals surface area contributed by atoms with Crippen LogP contribution in [0, 0.1) is 0 Å². The minimum Gasteiger partial charge on any atom is -0.454 e. The normalized spacial score (nSPS) is 13.9. The van der Waals surface area contributed by atoms with Gasteiger partial charge in [0.05, 0.1) is 36.7 Å². The molecule has 29 heavy (non-hydrogen) atoms. The number of benzene rings is 1. The number of hydrogen-bond donors (Lipinski definition) is 0. The number of esters is 1. The largest absolute Gasteiger partial charge is 0.454 e. The van der Waals surface area contributed by atoms with E-state index in [9.17, 15) is 14.4 Å². The molecule has 8 heteroatoms. The summed E-state index contributed by atoms with van der Waals surface area (Å²) >= 11 is 1.25. The average Bonchev–Trinajstić information content (AvgIpc) is 3.21. The molecule has 0 aliphatic carbocycles. The Morgan fingerprint density at radius 3 is 2.48 bits per heavy atom. The van der Waals surface area contributed by atoms with Crippen molar-refractivity contribution in [3.05, 3.63) is 57.3 Å². The van der Waals surface area contributed by atoms with Crippen molar-refractivity contribution in [2.24, 2.45) is 0 Å². The second-order valence-electron chi connectivity index (χ2n) is 6.57. The van der Waals surface area contributed by atoms with Crippen molar-refractivity contribution in [2.75, 3.05) is 40.0 Å². The highest BCUT2D eigenvalue weighted by Gasteiger charge is 2.19. The van der Waals surface area contributed by atoms with E-state index in [0.29, 0.717) is 43.4 Å². The quantitative estimate of drug-likeness (QED) is 0.484. The Labute approximate surface area is 173 Å². The number of rotatable bonds is 8. The van der Waals surface area contributed by atoms with E-state index in [-0.39, 0.29) is 24.7 Å². The standard InChI is InChI=1S/C21H23NO6S/c1-26-13-15-2-4-16(5-3-15)21(25)28-14-18(23)19-7-6-17(29-19)12-20(24)22-8-10-27-11-9-22/h2-7H,8-14H2,1H3. The van der Waals surface area contributed by atoms with Gasteiger partial charge in [0.25, 0.3) is 0 Å². The van der Waals surface area contributed by atoms with Gasteiger partial charge >= 0.3 is 5.97 Å². The highest BCUT2D eigenvalue weighted by molar-refractivity contribution is 7.14. The summed E-state index contributed by atoms with van der Waals surface area (Å²) in [7, 11) is 1.60. The molecule has 1 aromatic heterocycles. The molecule has 0 N–H and O–H groups in total. The predicted molar refractivity (Wildman–Crippen MR) is 107 cm³/mol. The Bertz CT molecular complexity index is 854. The van der Waals surface area contributed by atoms with Crippen molar-refractivity contribution in [1.82, 2.24) is 4.90 Å². The van der Waals surface area contributed by atoms with Gasteiger partial charge < -0.3 is 19.1 Å². The number of carbonyl (C=O) groups is 3. The van der Waals surface area contributed by atoms with Gasteiger partial charge in [0.2, 0.25) is 11.7 Å². The number of hydrogen-bond acceptors (Lipinski definition) is 7. The zero-order valence-electron chi connectivity index (χ0n) is 16.2. The molecular weight excluding hydrogens is 394 g/mol. The highest BCUT2D eigenvalue weighted by Crippen LogP contribution is 2.19. The molecule has 154 valence electrons. The first-order chi connectivity index (χ1) is 14.1. The number of nitrogens with zero attached hydrogens (tertiary/aromatic N) is 1. The smallest absolute Gasteiger partial charge is 0.338 e. The molecule has 1 aliphatic rings. The lowest BCUT2D eigenvalue weighted by Crippen LogP contribution is -2.41. The van der Waals surface area contributed by atoms with Gasteiger partial charge in [0.1, 0.15) is 0 Å². The number of Topliss-reactive ketones (excluding diaryl/α,β-unsaturated/α-hetero) is 1. The van der Waals surface area contributed by atoms with Crippen molar-refractivity contribution in [3.63, 3.8) is 0 Å². The molecule has 3 rings (SSSR count). The zero-order valence-corrected chi connectivity index (χ0v) is 17.0. The Balaban J connectivity index is 1.49. The molecule has 1 amide bonds. The number of ether oxygens (including phenoxy) is 3. The first kappa shape index (κ1) is 21.2. The minimum absolute atomic E-state index is 0.0255. The maximum atomic E-state index is 12.3. The van der Waals surface area contributed by atoms with Gasteiger partial charge in [-0.3, -0.25) is 9.59 Å². The lowest BCUT2D eigenvalue weighted by atomic mass is 10.1. The number of carbonyl (C=O) groups excluding carboxylic acids is 3. The molecule has 1 aromatic carbocycles. The average molecular weight is 417 g/mol. The van der Waals surface area contributed by atoms with Crippen LogP contribution in [0.1, 0.15) is 30.5 Å². The SMILES string of the molecule is COCc1ccc(C(=O)OCC(=O)c2ccc(CC(=O)N3CCOCC3)s2)cc1. The summed E-state index contributed by atoms with van der Waals surface area (Å²) in [5.74, 6) is -0.816. The molecule has 1 saturated heterocycles. The molecule has 0 bridgehead atoms. The Morgan fingerprint density at radius 2 is 1.79 bits per heavy atom. The van der Waals surface area contributed by atoms with E-state index in [2.05, 4.69) is 0 Å². The first-order valence-electron chi connectivity index (χ1n) is 9.29. The summed E-state index contributed by atoms with van der Waals surface area (Å²) in [6.07, 6.45) is 0.256. The van der Waals surface area contributed by atoms with Crippen molar-refractivity contribution < 1.29 is 28.6 Å². The highest BCUT2D eigenvalue weighted by atomic mass is 32.1. The Hall–Kier alpha value is -2.55. The van der Waals surface area contributed by atoms with Gasteiger partial charge in [-0.1, -0.05) is 12.1 Å². The molecule has 0 spiro atoms. The monoisotopic (exact) mass is 417 g/mol. The fraction of sp³-hybridized carbons (Fsp3) is 0.381. The van der Waals surface area contributed by atoms with Gasteiger partial charge in [0, 0.05) is 25.1 Å². The molecule has 0 radical (unpaired) electrons. The van der Waals surface area contributed by atoms with Gasteiger partial charge in [-0.2, -0.15) is 0 Å². The molecule has 0 saturated carbocycles. The van der Waals surface area contributed by atoms with Crippen molar-refractivity contribution in [2.45, 2.75) is 13.0 Å². The van der Waals surface area contributed by atoms with E-state index in [4.69, 9.17) is 14.2 Å². The molecule has 2 aromatic rings. The summed E-state index contributed by atoms with van der Waals surface area (Å²) in [5, 5.41) is 0. The van der Waals surface area contributed by atoms with Crippen LogP contribution in [0.4, 0.5) is 0 Å². The number of amides is 1. The fourth-order valence-electron chi connectivity index (χ4n) is 2.89. The predicted octanol–water partition coefficient (Wildman–Crippen LogP) is 2.34. The third-order valence-electron chi connectivity index (χ3n) is 4.46.